The lowest BCUT2D eigenvalue weighted by Crippen LogP contribution is -2.15. The Morgan fingerprint density at radius 2 is 2.00 bits per heavy atom. The lowest BCUT2D eigenvalue weighted by molar-refractivity contribution is -0.138. The van der Waals surface area contributed by atoms with E-state index in [-0.39, 0.29) is 11.5 Å². The highest BCUT2D eigenvalue weighted by atomic mass is 16.5. The summed E-state index contributed by atoms with van der Waals surface area (Å²) in [7, 11) is 2.45. The first kappa shape index (κ1) is 16.8. The molecule has 1 aliphatic rings. The van der Waals surface area contributed by atoms with Gasteiger partial charge >= 0.3 is 11.9 Å². The quantitative estimate of drug-likeness (QED) is 0.654. The van der Waals surface area contributed by atoms with Gasteiger partial charge in [0.1, 0.15) is 5.70 Å². The van der Waals surface area contributed by atoms with E-state index in [9.17, 15) is 14.4 Å². The number of aromatic amines is 1. The minimum atomic E-state index is -0.688. The van der Waals surface area contributed by atoms with Crippen LogP contribution in [0, 0.1) is 0 Å². The van der Waals surface area contributed by atoms with Gasteiger partial charge in [-0.3, -0.25) is 4.79 Å². The summed E-state index contributed by atoms with van der Waals surface area (Å²) in [5.41, 5.74) is 3.04. The van der Waals surface area contributed by atoms with Crippen molar-refractivity contribution in [2.75, 3.05) is 19.5 Å². The lowest BCUT2D eigenvalue weighted by atomic mass is 9.95. The van der Waals surface area contributed by atoms with Crippen LogP contribution in [0.15, 0.2) is 30.0 Å². The third-order valence-electron chi connectivity index (χ3n) is 4.16. The van der Waals surface area contributed by atoms with Crippen molar-refractivity contribution < 1.29 is 23.9 Å². The molecule has 0 aliphatic heterocycles. The average Bonchev–Trinajstić information content (AvgIpc) is 2.99. The maximum absolute atomic E-state index is 12.0. The van der Waals surface area contributed by atoms with Crippen LogP contribution in [0.3, 0.4) is 0 Å². The Labute approximate surface area is 144 Å². The smallest absolute Gasteiger partial charge is 0.354 e. The number of rotatable bonds is 4. The second-order valence-electron chi connectivity index (χ2n) is 5.71. The number of carbonyl (C=O) groups is 3. The van der Waals surface area contributed by atoms with Gasteiger partial charge in [0.05, 0.1) is 26.0 Å². The Kier molecular flexibility index (Phi) is 4.56. The zero-order valence-corrected chi connectivity index (χ0v) is 14.0. The monoisotopic (exact) mass is 342 g/mol. The molecule has 25 heavy (non-hydrogen) atoms. The second-order valence-corrected chi connectivity index (χ2v) is 5.71. The number of fused-ring (bicyclic) bond motifs is 3. The molecule has 0 unspecified atom stereocenters. The van der Waals surface area contributed by atoms with Crippen molar-refractivity contribution in [1.82, 2.24) is 4.98 Å². The van der Waals surface area contributed by atoms with Crippen molar-refractivity contribution in [1.29, 1.82) is 0 Å². The highest BCUT2D eigenvalue weighted by molar-refractivity contribution is 6.04. The number of methoxy groups -OCH3 is 2. The first-order valence-corrected chi connectivity index (χ1v) is 7.86. The minimum absolute atomic E-state index is 0.0407. The molecule has 130 valence electrons. The molecule has 0 fully saturated rings. The van der Waals surface area contributed by atoms with Gasteiger partial charge in [-0.1, -0.05) is 6.07 Å². The van der Waals surface area contributed by atoms with E-state index in [0.717, 1.165) is 35.4 Å². The molecule has 0 radical (unpaired) electrons. The van der Waals surface area contributed by atoms with Crippen LogP contribution in [0.1, 0.15) is 28.9 Å². The molecule has 1 heterocycles. The van der Waals surface area contributed by atoms with E-state index in [4.69, 9.17) is 0 Å². The van der Waals surface area contributed by atoms with Crippen molar-refractivity contribution in [3.05, 3.63) is 41.2 Å². The van der Waals surface area contributed by atoms with Crippen LogP contribution in [0.4, 0.5) is 5.69 Å². The standard InChI is InChI=1S/C18H18N2O5/c1-24-16(22)9-14(18(23)25-2)19-10-6-7-11-12-4-3-5-15(21)17(12)20-13(11)8-10/h6-9,19-20H,3-5H2,1-2H3/b14-9+. The molecule has 0 atom stereocenters. The van der Waals surface area contributed by atoms with E-state index in [0.29, 0.717) is 17.8 Å². The minimum Gasteiger partial charge on any atom is -0.466 e. The van der Waals surface area contributed by atoms with Crippen molar-refractivity contribution in [2.24, 2.45) is 0 Å². The molecule has 2 N–H and O–H groups in total. The van der Waals surface area contributed by atoms with E-state index < -0.39 is 11.9 Å². The number of aromatic nitrogens is 1. The number of ketones is 1. The van der Waals surface area contributed by atoms with Crippen LogP contribution in [-0.2, 0) is 25.5 Å². The fourth-order valence-corrected chi connectivity index (χ4v) is 2.97. The Bertz CT molecular complexity index is 894. The van der Waals surface area contributed by atoms with Gasteiger partial charge in [-0.2, -0.15) is 0 Å². The molecule has 1 aromatic heterocycles. The highest BCUT2D eigenvalue weighted by Crippen LogP contribution is 2.30. The third-order valence-corrected chi connectivity index (χ3v) is 4.16. The maximum Gasteiger partial charge on any atom is 0.354 e. The zero-order valence-electron chi connectivity index (χ0n) is 14.0. The molecule has 1 aliphatic carbocycles. The van der Waals surface area contributed by atoms with Crippen molar-refractivity contribution >= 4 is 34.3 Å². The van der Waals surface area contributed by atoms with Crippen molar-refractivity contribution in [3.63, 3.8) is 0 Å². The molecule has 7 nitrogen and oxygen atoms in total. The van der Waals surface area contributed by atoms with Crippen LogP contribution >= 0.6 is 0 Å². The number of hydrogen-bond donors (Lipinski definition) is 2. The largest absolute Gasteiger partial charge is 0.466 e. The third kappa shape index (κ3) is 3.26. The Hall–Kier alpha value is -3.09. The molecular formula is C18H18N2O5. The summed E-state index contributed by atoms with van der Waals surface area (Å²) in [5.74, 6) is -1.24. The fraction of sp³-hybridized carbons (Fsp3) is 0.278. The van der Waals surface area contributed by atoms with Gasteiger partial charge in [0.25, 0.3) is 0 Å². The topological polar surface area (TPSA) is 97.5 Å². The number of H-pyrrole nitrogens is 1. The molecule has 0 spiro atoms. The van der Waals surface area contributed by atoms with E-state index >= 15 is 0 Å². The van der Waals surface area contributed by atoms with Gasteiger partial charge in [-0.05, 0) is 30.5 Å². The van der Waals surface area contributed by atoms with Crippen LogP contribution in [0.2, 0.25) is 0 Å². The molecule has 7 heteroatoms. The predicted molar refractivity (Wildman–Crippen MR) is 91.3 cm³/mol. The number of ether oxygens (including phenoxy) is 2. The van der Waals surface area contributed by atoms with E-state index in [1.54, 1.807) is 12.1 Å². The van der Waals surface area contributed by atoms with Crippen molar-refractivity contribution in [3.8, 4) is 0 Å². The molecule has 0 bridgehead atoms. The summed E-state index contributed by atoms with van der Waals surface area (Å²) in [6, 6.07) is 5.46. The number of Topliss-reactive ketones (excluding diaryl/α,β-unsaturated/α-hetero) is 1. The molecule has 0 saturated carbocycles. The Morgan fingerprint density at radius 1 is 1.20 bits per heavy atom. The number of aryl methyl sites for hydroxylation is 1. The van der Waals surface area contributed by atoms with Crippen LogP contribution < -0.4 is 5.32 Å². The molecule has 1 aromatic carbocycles. The maximum atomic E-state index is 12.0. The normalized spacial score (nSPS) is 14.2. The summed E-state index contributed by atoms with van der Waals surface area (Å²) in [4.78, 5) is 38.4. The van der Waals surface area contributed by atoms with Gasteiger partial charge in [-0.25, -0.2) is 9.59 Å². The number of benzene rings is 1. The van der Waals surface area contributed by atoms with Gasteiger partial charge in [0.2, 0.25) is 0 Å². The van der Waals surface area contributed by atoms with Crippen molar-refractivity contribution in [2.45, 2.75) is 19.3 Å². The number of nitrogens with one attached hydrogen (secondary N) is 2. The van der Waals surface area contributed by atoms with Crippen LogP contribution in [-0.4, -0.2) is 36.9 Å². The van der Waals surface area contributed by atoms with E-state index in [1.807, 2.05) is 6.07 Å². The Morgan fingerprint density at radius 3 is 2.72 bits per heavy atom. The fourth-order valence-electron chi connectivity index (χ4n) is 2.97. The average molecular weight is 342 g/mol. The number of anilines is 1. The first-order chi connectivity index (χ1) is 12.0. The molecular weight excluding hydrogens is 324 g/mol. The van der Waals surface area contributed by atoms with Gasteiger partial charge < -0.3 is 19.8 Å². The molecule has 3 rings (SSSR count). The van der Waals surface area contributed by atoms with Crippen LogP contribution in [0.5, 0.6) is 0 Å². The zero-order chi connectivity index (χ0) is 18.0. The van der Waals surface area contributed by atoms with Gasteiger partial charge in [0.15, 0.2) is 5.78 Å². The summed E-state index contributed by atoms with van der Waals surface area (Å²) < 4.78 is 9.21. The van der Waals surface area contributed by atoms with E-state index in [1.165, 1.54) is 14.2 Å². The number of esters is 2. The summed E-state index contributed by atoms with van der Waals surface area (Å²) >= 11 is 0. The summed E-state index contributed by atoms with van der Waals surface area (Å²) in [5, 5.41) is 3.85. The highest BCUT2D eigenvalue weighted by Gasteiger charge is 2.22. The lowest BCUT2D eigenvalue weighted by Gasteiger charge is -2.10. The predicted octanol–water partition coefficient (Wildman–Crippen LogP) is 2.33. The first-order valence-electron chi connectivity index (χ1n) is 7.86. The van der Waals surface area contributed by atoms with Gasteiger partial charge in [-0.15, -0.1) is 0 Å². The molecule has 0 saturated heterocycles. The second kappa shape index (κ2) is 6.80. The summed E-state index contributed by atoms with van der Waals surface area (Å²) in [6.45, 7) is 0. The Balaban J connectivity index is 1.96. The van der Waals surface area contributed by atoms with Crippen LogP contribution in [0.25, 0.3) is 10.9 Å². The molecule has 2 aromatic rings. The number of carbonyl (C=O) groups excluding carboxylic acids is 3. The molecule has 0 amide bonds. The number of hydrogen-bond acceptors (Lipinski definition) is 6. The summed E-state index contributed by atoms with van der Waals surface area (Å²) in [6.07, 6.45) is 3.30. The van der Waals surface area contributed by atoms with Gasteiger partial charge in [0, 0.05) is 23.0 Å². The van der Waals surface area contributed by atoms with E-state index in [2.05, 4.69) is 19.8 Å². The SMILES string of the molecule is COC(=O)/C=C(/Nc1ccc2c3c([nH]c2c1)C(=O)CCC3)C(=O)OC.